The monoisotopic (exact) mass is 281 g/mol. The summed E-state index contributed by atoms with van der Waals surface area (Å²) < 4.78 is 5.18. The number of H-pyrrole nitrogens is 1. The number of hydrogen-bond acceptors (Lipinski definition) is 5. The molecule has 1 aliphatic heterocycles. The van der Waals surface area contributed by atoms with Crippen molar-refractivity contribution in [2.24, 2.45) is 5.73 Å². The molecule has 1 aliphatic rings. The maximum Gasteiger partial charge on any atom is 0.277 e. The van der Waals surface area contributed by atoms with E-state index in [2.05, 4.69) is 10.2 Å². The van der Waals surface area contributed by atoms with E-state index in [1.54, 1.807) is 0 Å². The van der Waals surface area contributed by atoms with E-state index >= 15 is 0 Å². The number of anilines is 1. The topological polar surface area (TPSA) is 127 Å². The van der Waals surface area contributed by atoms with Gasteiger partial charge in [-0.3, -0.25) is 14.7 Å². The van der Waals surface area contributed by atoms with Gasteiger partial charge in [-0.2, -0.15) is 5.10 Å². The van der Waals surface area contributed by atoms with E-state index < -0.39 is 17.9 Å². The van der Waals surface area contributed by atoms with Gasteiger partial charge < -0.3 is 21.1 Å². The summed E-state index contributed by atoms with van der Waals surface area (Å²) in [6, 6.07) is -0.783. The third kappa shape index (κ3) is 2.46. The van der Waals surface area contributed by atoms with Gasteiger partial charge in [0.05, 0.1) is 24.6 Å². The fourth-order valence-electron chi connectivity index (χ4n) is 2.19. The molecule has 1 unspecified atom stereocenters. The quantitative estimate of drug-likeness (QED) is 0.684. The van der Waals surface area contributed by atoms with E-state index in [0.29, 0.717) is 18.0 Å². The lowest BCUT2D eigenvalue weighted by atomic mass is 10.1. The molecule has 1 aromatic rings. The lowest BCUT2D eigenvalue weighted by Crippen LogP contribution is -2.54. The number of nitrogen functional groups attached to an aromatic ring is 1. The van der Waals surface area contributed by atoms with Crippen molar-refractivity contribution in [2.45, 2.75) is 25.8 Å². The molecular weight excluding hydrogens is 262 g/mol. The number of nitrogens with two attached hydrogens (primary N) is 2. The molecule has 5 N–H and O–H groups in total. The number of hydrogen-bond donors (Lipinski definition) is 3. The van der Waals surface area contributed by atoms with Crippen molar-refractivity contribution in [3.05, 3.63) is 11.4 Å². The summed E-state index contributed by atoms with van der Waals surface area (Å²) in [6.45, 7) is 4.63. The largest absolute Gasteiger partial charge is 0.395 e. The Morgan fingerprint density at radius 3 is 2.75 bits per heavy atom. The molecule has 1 atom stereocenters. The highest BCUT2D eigenvalue weighted by molar-refractivity contribution is 6.00. The summed E-state index contributed by atoms with van der Waals surface area (Å²) in [4.78, 5) is 25.2. The lowest BCUT2D eigenvalue weighted by Gasteiger charge is -2.33. The van der Waals surface area contributed by atoms with Crippen molar-refractivity contribution in [1.82, 2.24) is 15.1 Å². The molecule has 2 amide bonds. The summed E-state index contributed by atoms with van der Waals surface area (Å²) in [6.07, 6.45) is 0. The molecule has 8 heteroatoms. The van der Waals surface area contributed by atoms with Crippen LogP contribution < -0.4 is 11.5 Å². The molecule has 1 fully saturated rings. The summed E-state index contributed by atoms with van der Waals surface area (Å²) >= 11 is 0. The minimum Gasteiger partial charge on any atom is -0.395 e. The number of aromatic nitrogens is 2. The van der Waals surface area contributed by atoms with Gasteiger partial charge in [-0.05, 0) is 5.92 Å². The zero-order valence-electron chi connectivity index (χ0n) is 11.5. The molecule has 0 aliphatic carbocycles. The van der Waals surface area contributed by atoms with Crippen molar-refractivity contribution in [3.8, 4) is 0 Å². The standard InChI is InChI=1S/C12H19N5O3/c1-6(2)9-8(13)10(16-15-9)12(19)17-3-4-20-5-7(17)11(14)18/h6-7H,3-5,13H2,1-2H3,(H2,14,18)(H,15,16). The van der Waals surface area contributed by atoms with Crippen molar-refractivity contribution in [1.29, 1.82) is 0 Å². The number of primary amides is 1. The van der Waals surface area contributed by atoms with Gasteiger partial charge in [0, 0.05) is 6.54 Å². The summed E-state index contributed by atoms with van der Waals surface area (Å²) in [5.74, 6) is -0.880. The number of nitrogens with one attached hydrogen (secondary N) is 1. The molecule has 0 bridgehead atoms. The van der Waals surface area contributed by atoms with Crippen LogP contribution in [0.15, 0.2) is 0 Å². The number of nitrogens with zero attached hydrogens (tertiary/aromatic N) is 2. The van der Waals surface area contributed by atoms with Gasteiger partial charge >= 0.3 is 0 Å². The van der Waals surface area contributed by atoms with Gasteiger partial charge in [-0.1, -0.05) is 13.8 Å². The smallest absolute Gasteiger partial charge is 0.277 e. The molecule has 110 valence electrons. The first-order valence-electron chi connectivity index (χ1n) is 6.45. The van der Waals surface area contributed by atoms with E-state index in [1.807, 2.05) is 13.8 Å². The van der Waals surface area contributed by atoms with Crippen molar-refractivity contribution in [3.63, 3.8) is 0 Å². The second-order valence-corrected chi connectivity index (χ2v) is 5.05. The summed E-state index contributed by atoms with van der Waals surface area (Å²) in [5.41, 5.74) is 12.4. The lowest BCUT2D eigenvalue weighted by molar-refractivity contribution is -0.127. The SMILES string of the molecule is CC(C)c1[nH]nc(C(=O)N2CCOCC2C(N)=O)c1N. The van der Waals surface area contributed by atoms with Crippen LogP contribution in [0, 0.1) is 0 Å². The second kappa shape index (κ2) is 5.49. The number of morpholine rings is 1. The van der Waals surface area contributed by atoms with Crippen LogP contribution in [0.4, 0.5) is 5.69 Å². The van der Waals surface area contributed by atoms with Gasteiger partial charge in [0.15, 0.2) is 5.69 Å². The number of aromatic amines is 1. The second-order valence-electron chi connectivity index (χ2n) is 5.05. The Hall–Kier alpha value is -2.09. The van der Waals surface area contributed by atoms with Crippen LogP contribution in [0.1, 0.15) is 35.9 Å². The van der Waals surface area contributed by atoms with Crippen LogP contribution in [0.2, 0.25) is 0 Å². The van der Waals surface area contributed by atoms with Gasteiger partial charge in [-0.25, -0.2) is 0 Å². The van der Waals surface area contributed by atoms with Gasteiger partial charge in [0.25, 0.3) is 5.91 Å². The maximum atomic E-state index is 12.5. The summed E-state index contributed by atoms with van der Waals surface area (Å²) in [5, 5.41) is 6.74. The number of rotatable bonds is 3. The average Bonchev–Trinajstić information content (AvgIpc) is 2.79. The maximum absolute atomic E-state index is 12.5. The van der Waals surface area contributed by atoms with Crippen molar-refractivity contribution in [2.75, 3.05) is 25.5 Å². The minimum atomic E-state index is -0.783. The van der Waals surface area contributed by atoms with E-state index in [1.165, 1.54) is 4.90 Å². The predicted octanol–water partition coefficient (Wildman–Crippen LogP) is -0.558. The number of ether oxygens (including phenoxy) is 1. The Bertz CT molecular complexity index is 525. The molecule has 1 aromatic heterocycles. The first-order chi connectivity index (χ1) is 9.43. The molecule has 0 aromatic carbocycles. The zero-order valence-corrected chi connectivity index (χ0v) is 11.5. The molecule has 2 heterocycles. The predicted molar refractivity (Wildman–Crippen MR) is 71.9 cm³/mol. The van der Waals surface area contributed by atoms with Crippen LogP contribution in [0.5, 0.6) is 0 Å². The Morgan fingerprint density at radius 2 is 2.20 bits per heavy atom. The van der Waals surface area contributed by atoms with Gasteiger partial charge in [0.1, 0.15) is 6.04 Å². The van der Waals surface area contributed by atoms with Crippen LogP contribution in [-0.4, -0.2) is 52.7 Å². The third-order valence-corrected chi connectivity index (χ3v) is 3.33. The fourth-order valence-corrected chi connectivity index (χ4v) is 2.19. The Morgan fingerprint density at radius 1 is 1.50 bits per heavy atom. The Labute approximate surface area is 116 Å². The van der Waals surface area contributed by atoms with Crippen LogP contribution in [0.25, 0.3) is 0 Å². The van der Waals surface area contributed by atoms with E-state index in [9.17, 15) is 9.59 Å². The molecule has 8 nitrogen and oxygen atoms in total. The molecule has 2 rings (SSSR count). The van der Waals surface area contributed by atoms with Crippen LogP contribution in [0.3, 0.4) is 0 Å². The highest BCUT2D eigenvalue weighted by Crippen LogP contribution is 2.24. The molecule has 0 radical (unpaired) electrons. The Balaban J connectivity index is 2.28. The molecule has 0 saturated carbocycles. The van der Waals surface area contributed by atoms with Gasteiger partial charge in [0.2, 0.25) is 5.91 Å². The number of carbonyl (C=O) groups excluding carboxylic acids is 2. The van der Waals surface area contributed by atoms with Crippen LogP contribution >= 0.6 is 0 Å². The third-order valence-electron chi connectivity index (χ3n) is 3.33. The first-order valence-corrected chi connectivity index (χ1v) is 6.45. The first kappa shape index (κ1) is 14.3. The van der Waals surface area contributed by atoms with Gasteiger partial charge in [-0.15, -0.1) is 0 Å². The summed E-state index contributed by atoms with van der Waals surface area (Å²) in [7, 11) is 0. The van der Waals surface area contributed by atoms with Crippen molar-refractivity contribution < 1.29 is 14.3 Å². The van der Waals surface area contributed by atoms with Crippen LogP contribution in [-0.2, 0) is 9.53 Å². The highest BCUT2D eigenvalue weighted by atomic mass is 16.5. The van der Waals surface area contributed by atoms with Crippen molar-refractivity contribution >= 4 is 17.5 Å². The Kier molecular flexibility index (Phi) is 3.93. The zero-order chi connectivity index (χ0) is 14.9. The number of amides is 2. The molecule has 1 saturated heterocycles. The van der Waals surface area contributed by atoms with E-state index in [-0.39, 0.29) is 24.8 Å². The highest BCUT2D eigenvalue weighted by Gasteiger charge is 2.34. The normalized spacial score (nSPS) is 19.4. The molecular formula is C12H19N5O3. The van der Waals surface area contributed by atoms with E-state index in [0.717, 1.165) is 0 Å². The molecule has 0 spiro atoms. The minimum absolute atomic E-state index is 0.0996. The van der Waals surface area contributed by atoms with E-state index in [4.69, 9.17) is 16.2 Å². The fraction of sp³-hybridized carbons (Fsp3) is 0.583. The average molecular weight is 281 g/mol. The molecule has 20 heavy (non-hydrogen) atoms. The number of carbonyl (C=O) groups is 2.